The zero-order valence-electron chi connectivity index (χ0n) is 17.7. The summed E-state index contributed by atoms with van der Waals surface area (Å²) in [7, 11) is 0. The van der Waals surface area contributed by atoms with Crippen LogP contribution in [-0.4, -0.2) is 49.6 Å². The van der Waals surface area contributed by atoms with Crippen molar-refractivity contribution in [3.05, 3.63) is 65.7 Å². The van der Waals surface area contributed by atoms with Crippen LogP contribution in [0.3, 0.4) is 0 Å². The maximum absolute atomic E-state index is 12.9. The molecule has 6 nitrogen and oxygen atoms in total. The quantitative estimate of drug-likeness (QED) is 0.724. The summed E-state index contributed by atoms with van der Waals surface area (Å²) >= 11 is 0. The molecule has 0 radical (unpaired) electrons. The van der Waals surface area contributed by atoms with Gasteiger partial charge < -0.3 is 19.7 Å². The van der Waals surface area contributed by atoms with Crippen molar-refractivity contribution in [1.29, 1.82) is 0 Å². The molecule has 0 saturated carbocycles. The predicted octanol–water partition coefficient (Wildman–Crippen LogP) is 3.44. The van der Waals surface area contributed by atoms with Gasteiger partial charge in [-0.25, -0.2) is 0 Å². The molecular weight excluding hydrogens is 380 g/mol. The van der Waals surface area contributed by atoms with Crippen molar-refractivity contribution >= 4 is 11.8 Å². The third-order valence-corrected chi connectivity index (χ3v) is 4.95. The van der Waals surface area contributed by atoms with E-state index in [0.29, 0.717) is 44.4 Å². The van der Waals surface area contributed by atoms with E-state index >= 15 is 0 Å². The Hall–Kier alpha value is -2.86. The molecule has 1 atom stereocenters. The van der Waals surface area contributed by atoms with Gasteiger partial charge in [-0.2, -0.15) is 0 Å². The molecule has 1 aliphatic heterocycles. The number of rotatable bonds is 8. The van der Waals surface area contributed by atoms with Gasteiger partial charge in [-0.3, -0.25) is 9.59 Å². The third kappa shape index (κ3) is 6.32. The van der Waals surface area contributed by atoms with Crippen molar-refractivity contribution in [1.82, 2.24) is 10.2 Å². The first-order valence-electron chi connectivity index (χ1n) is 10.5. The van der Waals surface area contributed by atoms with Crippen LogP contribution in [0.5, 0.6) is 5.75 Å². The summed E-state index contributed by atoms with van der Waals surface area (Å²) in [4.78, 5) is 27.4. The minimum atomic E-state index is -0.397. The lowest BCUT2D eigenvalue weighted by Gasteiger charge is -2.29. The SMILES string of the molecule is CC(C)COc1ccc(C(=O)N[C@@H](CC(=O)N2CCOCC2)c2ccccc2)cc1. The van der Waals surface area contributed by atoms with Gasteiger partial charge in [-0.05, 0) is 35.7 Å². The maximum Gasteiger partial charge on any atom is 0.251 e. The Bertz CT molecular complexity index is 815. The lowest BCUT2D eigenvalue weighted by Crippen LogP contribution is -2.42. The standard InChI is InChI=1S/C24H30N2O4/c1-18(2)17-30-21-10-8-20(9-11-21)24(28)25-22(19-6-4-3-5-7-19)16-23(27)26-12-14-29-15-13-26/h3-11,18,22H,12-17H2,1-2H3,(H,25,28)/t22-/m0/s1. The Labute approximate surface area is 178 Å². The summed E-state index contributed by atoms with van der Waals surface area (Å²) in [5.74, 6) is 0.977. The molecule has 2 aromatic carbocycles. The van der Waals surface area contributed by atoms with E-state index in [4.69, 9.17) is 9.47 Å². The van der Waals surface area contributed by atoms with Gasteiger partial charge in [-0.15, -0.1) is 0 Å². The van der Waals surface area contributed by atoms with E-state index in [0.717, 1.165) is 11.3 Å². The van der Waals surface area contributed by atoms with Gasteiger partial charge in [-0.1, -0.05) is 44.2 Å². The van der Waals surface area contributed by atoms with Crippen LogP contribution in [0.4, 0.5) is 0 Å². The van der Waals surface area contributed by atoms with Crippen molar-refractivity contribution in [3.63, 3.8) is 0 Å². The molecule has 30 heavy (non-hydrogen) atoms. The van der Waals surface area contributed by atoms with Crippen LogP contribution in [0, 0.1) is 5.92 Å². The molecule has 0 unspecified atom stereocenters. The molecule has 1 saturated heterocycles. The number of hydrogen-bond acceptors (Lipinski definition) is 4. The van der Waals surface area contributed by atoms with E-state index in [9.17, 15) is 9.59 Å². The zero-order chi connectivity index (χ0) is 21.3. The normalized spacial score (nSPS) is 15.0. The maximum atomic E-state index is 12.9. The Morgan fingerprint density at radius 3 is 2.33 bits per heavy atom. The highest BCUT2D eigenvalue weighted by atomic mass is 16.5. The molecule has 1 N–H and O–H groups in total. The molecule has 2 aromatic rings. The molecule has 1 fully saturated rings. The van der Waals surface area contributed by atoms with E-state index in [1.54, 1.807) is 29.2 Å². The molecule has 0 aromatic heterocycles. The van der Waals surface area contributed by atoms with Crippen LogP contribution >= 0.6 is 0 Å². The molecule has 1 heterocycles. The van der Waals surface area contributed by atoms with Crippen molar-refractivity contribution in [3.8, 4) is 5.75 Å². The van der Waals surface area contributed by atoms with E-state index in [2.05, 4.69) is 19.2 Å². The number of amides is 2. The molecule has 0 spiro atoms. The second-order valence-corrected chi connectivity index (χ2v) is 7.86. The first kappa shape index (κ1) is 21.8. The van der Waals surface area contributed by atoms with E-state index < -0.39 is 6.04 Å². The van der Waals surface area contributed by atoms with Crippen molar-refractivity contribution in [2.45, 2.75) is 26.3 Å². The third-order valence-electron chi connectivity index (χ3n) is 4.95. The number of ether oxygens (including phenoxy) is 2. The van der Waals surface area contributed by atoms with E-state index in [-0.39, 0.29) is 18.2 Å². The summed E-state index contributed by atoms with van der Waals surface area (Å²) < 4.78 is 11.0. The molecule has 0 aliphatic carbocycles. The Balaban J connectivity index is 1.67. The molecule has 160 valence electrons. The van der Waals surface area contributed by atoms with Gasteiger partial charge in [0.2, 0.25) is 5.91 Å². The second kappa shape index (κ2) is 10.8. The number of morpholine rings is 1. The van der Waals surface area contributed by atoms with Gasteiger partial charge in [0, 0.05) is 18.7 Å². The Kier molecular flexibility index (Phi) is 7.85. The summed E-state index contributed by atoms with van der Waals surface area (Å²) in [6.45, 7) is 7.09. The molecule has 0 bridgehead atoms. The number of hydrogen-bond donors (Lipinski definition) is 1. The lowest BCUT2D eigenvalue weighted by molar-refractivity contribution is -0.135. The molecule has 3 rings (SSSR count). The molecule has 6 heteroatoms. The number of nitrogens with zero attached hydrogens (tertiary/aromatic N) is 1. The van der Waals surface area contributed by atoms with Crippen LogP contribution in [0.1, 0.15) is 42.2 Å². The number of benzene rings is 2. The fourth-order valence-electron chi connectivity index (χ4n) is 3.26. The van der Waals surface area contributed by atoms with Gasteiger partial charge in [0.1, 0.15) is 5.75 Å². The van der Waals surface area contributed by atoms with Gasteiger partial charge in [0.25, 0.3) is 5.91 Å². The Morgan fingerprint density at radius 1 is 1.03 bits per heavy atom. The van der Waals surface area contributed by atoms with Crippen molar-refractivity contribution in [2.24, 2.45) is 5.92 Å². The summed E-state index contributed by atoms with van der Waals surface area (Å²) in [5.41, 5.74) is 1.44. The Morgan fingerprint density at radius 2 is 1.70 bits per heavy atom. The predicted molar refractivity (Wildman–Crippen MR) is 115 cm³/mol. The summed E-state index contributed by atoms with van der Waals surface area (Å²) in [6.07, 6.45) is 0.214. The highest BCUT2D eigenvalue weighted by Crippen LogP contribution is 2.20. The molecule has 2 amide bonds. The van der Waals surface area contributed by atoms with Crippen LogP contribution in [0.2, 0.25) is 0 Å². The monoisotopic (exact) mass is 410 g/mol. The topological polar surface area (TPSA) is 67.9 Å². The smallest absolute Gasteiger partial charge is 0.251 e. The second-order valence-electron chi connectivity index (χ2n) is 7.86. The highest BCUT2D eigenvalue weighted by Gasteiger charge is 2.24. The van der Waals surface area contributed by atoms with Gasteiger partial charge in [0.15, 0.2) is 0 Å². The number of carbonyl (C=O) groups excluding carboxylic acids is 2. The van der Waals surface area contributed by atoms with E-state index in [1.807, 2.05) is 30.3 Å². The van der Waals surface area contributed by atoms with Crippen LogP contribution in [0.25, 0.3) is 0 Å². The van der Waals surface area contributed by atoms with Crippen LogP contribution in [0.15, 0.2) is 54.6 Å². The van der Waals surface area contributed by atoms with Crippen molar-refractivity contribution in [2.75, 3.05) is 32.9 Å². The number of carbonyl (C=O) groups is 2. The largest absolute Gasteiger partial charge is 0.493 e. The highest BCUT2D eigenvalue weighted by molar-refractivity contribution is 5.95. The average Bonchev–Trinajstić information content (AvgIpc) is 2.78. The van der Waals surface area contributed by atoms with Gasteiger partial charge >= 0.3 is 0 Å². The summed E-state index contributed by atoms with van der Waals surface area (Å²) in [6, 6.07) is 16.3. The average molecular weight is 411 g/mol. The summed E-state index contributed by atoms with van der Waals surface area (Å²) in [5, 5.41) is 3.03. The van der Waals surface area contributed by atoms with Gasteiger partial charge in [0.05, 0.1) is 32.3 Å². The van der Waals surface area contributed by atoms with Crippen LogP contribution < -0.4 is 10.1 Å². The number of nitrogens with one attached hydrogen (secondary N) is 1. The van der Waals surface area contributed by atoms with Crippen LogP contribution in [-0.2, 0) is 9.53 Å². The fourth-order valence-corrected chi connectivity index (χ4v) is 3.26. The first-order valence-corrected chi connectivity index (χ1v) is 10.5. The minimum Gasteiger partial charge on any atom is -0.493 e. The fraction of sp³-hybridized carbons (Fsp3) is 0.417. The minimum absolute atomic E-state index is 0.0184. The first-order chi connectivity index (χ1) is 14.5. The zero-order valence-corrected chi connectivity index (χ0v) is 17.7. The van der Waals surface area contributed by atoms with E-state index in [1.165, 1.54) is 0 Å². The molecule has 1 aliphatic rings. The molecular formula is C24H30N2O4. The van der Waals surface area contributed by atoms with Crippen molar-refractivity contribution < 1.29 is 19.1 Å². The lowest BCUT2D eigenvalue weighted by atomic mass is 10.0.